The molecule has 0 radical (unpaired) electrons. The minimum atomic E-state index is -4.75. The summed E-state index contributed by atoms with van der Waals surface area (Å²) in [5.74, 6) is -2.51. The van der Waals surface area contributed by atoms with Gasteiger partial charge < -0.3 is 30.3 Å². The summed E-state index contributed by atoms with van der Waals surface area (Å²) >= 11 is 0. The van der Waals surface area contributed by atoms with Gasteiger partial charge in [-0.3, -0.25) is 23.4 Å². The van der Waals surface area contributed by atoms with Crippen molar-refractivity contribution in [2.45, 2.75) is 180 Å². The summed E-state index contributed by atoms with van der Waals surface area (Å²) in [7, 11) is -4.75. The Balaban J connectivity index is 4.52. The number of aliphatic hydroxyl groups is 1. The predicted octanol–water partition coefficient (Wildman–Crippen LogP) is 10.7. The largest absolute Gasteiger partial charge is 0.480 e. The number of hydrogen-bond acceptors (Lipinski definition) is 10. The number of carbonyl (C=O) groups excluding carboxylic acids is 2. The van der Waals surface area contributed by atoms with Crippen LogP contribution in [0.25, 0.3) is 0 Å². The standard InChI is InChI=1S/C46H78NO11P/c1-3-5-7-9-11-12-13-14-15-16-17-18-19-20-24-28-32-36-44(49)55-38-42(39-56-59(53,54)57-40-43(47)46(51)52)58-45(50)37-33-29-25-22-21-23-27-31-35-41(48)34-30-26-10-8-6-4-2/h6,8,14-15,22-23,25-27,30-31,35,41-43,48H,3-5,7,9-13,16-21,24,28-29,32-34,36-40,47H2,1-2H3,(H,51,52)(H,53,54)/b8-6-,15-14-,25-22-,27-23-,30-26-,35-31+/t41?,42-,43+/m1/s1. The molecule has 59 heavy (non-hydrogen) atoms. The van der Waals surface area contributed by atoms with Crippen molar-refractivity contribution in [1.82, 2.24) is 0 Å². The summed E-state index contributed by atoms with van der Waals surface area (Å²) in [6.45, 7) is 2.53. The highest BCUT2D eigenvalue weighted by Gasteiger charge is 2.28. The molecule has 2 unspecified atom stereocenters. The lowest BCUT2D eigenvalue weighted by atomic mass is 10.1. The molecule has 13 heteroatoms. The van der Waals surface area contributed by atoms with Crippen LogP contribution in [0, 0.1) is 0 Å². The first kappa shape index (κ1) is 55.9. The number of aliphatic hydroxyl groups excluding tert-OH is 1. The fourth-order valence-corrected chi connectivity index (χ4v) is 6.31. The number of aliphatic carboxylic acids is 1. The molecule has 338 valence electrons. The average Bonchev–Trinajstić information content (AvgIpc) is 3.21. The molecule has 12 nitrogen and oxygen atoms in total. The van der Waals surface area contributed by atoms with Crippen LogP contribution in [0.4, 0.5) is 0 Å². The molecule has 0 aromatic rings. The van der Waals surface area contributed by atoms with E-state index in [4.69, 9.17) is 24.8 Å². The fourth-order valence-electron chi connectivity index (χ4n) is 5.53. The van der Waals surface area contributed by atoms with Crippen LogP contribution in [0.2, 0.25) is 0 Å². The Labute approximate surface area is 355 Å². The Kier molecular flexibility index (Phi) is 38.2. The van der Waals surface area contributed by atoms with Crippen molar-refractivity contribution in [3.05, 3.63) is 72.9 Å². The van der Waals surface area contributed by atoms with E-state index < -0.39 is 63.8 Å². The van der Waals surface area contributed by atoms with Crippen molar-refractivity contribution in [3.63, 3.8) is 0 Å². The maximum Gasteiger partial charge on any atom is 0.472 e. The van der Waals surface area contributed by atoms with E-state index in [1.54, 1.807) is 6.08 Å². The number of hydrogen-bond donors (Lipinski definition) is 4. The minimum absolute atomic E-state index is 0.0469. The molecule has 0 aliphatic rings. The summed E-state index contributed by atoms with van der Waals surface area (Å²) in [6.07, 6.45) is 44.3. The number of phosphoric ester groups is 1. The number of unbranched alkanes of at least 4 members (excludes halogenated alkanes) is 14. The summed E-state index contributed by atoms with van der Waals surface area (Å²) < 4.78 is 32.6. The summed E-state index contributed by atoms with van der Waals surface area (Å²) in [5, 5.41) is 18.9. The molecule has 0 rings (SSSR count). The maximum absolute atomic E-state index is 12.6. The number of nitrogens with two attached hydrogens (primary N) is 1. The average molecular weight is 852 g/mol. The van der Waals surface area contributed by atoms with Gasteiger partial charge in [0.25, 0.3) is 0 Å². The van der Waals surface area contributed by atoms with Gasteiger partial charge in [-0.15, -0.1) is 0 Å². The quantitative estimate of drug-likeness (QED) is 0.0150. The van der Waals surface area contributed by atoms with Crippen LogP contribution in [-0.4, -0.2) is 71.1 Å². The van der Waals surface area contributed by atoms with Gasteiger partial charge in [-0.25, -0.2) is 4.57 Å². The number of allylic oxidation sites excluding steroid dienone is 10. The number of phosphoric acid groups is 1. The van der Waals surface area contributed by atoms with Crippen LogP contribution in [-0.2, 0) is 37.5 Å². The molecule has 0 saturated heterocycles. The predicted molar refractivity (Wildman–Crippen MR) is 237 cm³/mol. The molecule has 0 amide bonds. The minimum Gasteiger partial charge on any atom is -0.480 e. The van der Waals surface area contributed by atoms with Gasteiger partial charge in [-0.05, 0) is 70.6 Å². The number of esters is 2. The van der Waals surface area contributed by atoms with Crippen molar-refractivity contribution < 1.29 is 52.6 Å². The molecule has 0 saturated carbocycles. The highest BCUT2D eigenvalue weighted by molar-refractivity contribution is 7.47. The Morgan fingerprint density at radius 2 is 1.17 bits per heavy atom. The molecule has 0 bridgehead atoms. The summed E-state index contributed by atoms with van der Waals surface area (Å²) in [6, 6.07) is -1.54. The highest BCUT2D eigenvalue weighted by Crippen LogP contribution is 2.43. The van der Waals surface area contributed by atoms with E-state index in [1.807, 2.05) is 42.5 Å². The lowest BCUT2D eigenvalue weighted by Crippen LogP contribution is -2.34. The highest BCUT2D eigenvalue weighted by atomic mass is 31.2. The van der Waals surface area contributed by atoms with Gasteiger partial charge in [0.1, 0.15) is 12.6 Å². The van der Waals surface area contributed by atoms with E-state index in [-0.39, 0.29) is 12.8 Å². The van der Waals surface area contributed by atoms with E-state index in [1.165, 1.54) is 57.8 Å². The second kappa shape index (κ2) is 40.3. The summed E-state index contributed by atoms with van der Waals surface area (Å²) in [4.78, 5) is 46.0. The molecular weight excluding hydrogens is 773 g/mol. The van der Waals surface area contributed by atoms with Crippen LogP contribution in [0.3, 0.4) is 0 Å². The van der Waals surface area contributed by atoms with Gasteiger partial charge in [-0.1, -0.05) is 151 Å². The number of carboxylic acids is 1. The molecule has 0 aliphatic heterocycles. The first-order valence-corrected chi connectivity index (χ1v) is 23.6. The number of carbonyl (C=O) groups is 3. The topological polar surface area (TPSA) is 192 Å². The zero-order valence-electron chi connectivity index (χ0n) is 36.2. The molecule has 0 spiro atoms. The smallest absolute Gasteiger partial charge is 0.472 e. The van der Waals surface area contributed by atoms with Gasteiger partial charge in [0.15, 0.2) is 6.10 Å². The van der Waals surface area contributed by atoms with Crippen molar-refractivity contribution in [3.8, 4) is 0 Å². The monoisotopic (exact) mass is 852 g/mol. The van der Waals surface area contributed by atoms with E-state index in [0.29, 0.717) is 32.1 Å². The van der Waals surface area contributed by atoms with Gasteiger partial charge in [0, 0.05) is 12.8 Å². The molecule has 0 aliphatic carbocycles. The SMILES string of the molecule is CC/C=C\C/C=C\CC(O)/C=C/C=C\C/C=C\CCCC(=O)O[C@H](COC(=O)CCCCCCCCC/C=C\CCCCCCCC)COP(=O)(O)OC[C@H](N)C(=O)O. The molecule has 5 N–H and O–H groups in total. The third-order valence-corrected chi connectivity index (χ3v) is 9.97. The molecule has 0 heterocycles. The van der Waals surface area contributed by atoms with Crippen molar-refractivity contribution in [1.29, 1.82) is 0 Å². The third-order valence-electron chi connectivity index (χ3n) is 9.02. The summed E-state index contributed by atoms with van der Waals surface area (Å²) in [5.41, 5.74) is 5.32. The van der Waals surface area contributed by atoms with E-state index in [9.17, 15) is 28.9 Å². The zero-order chi connectivity index (χ0) is 43.7. The number of ether oxygens (including phenoxy) is 2. The molecular formula is C46H78NO11P. The maximum atomic E-state index is 12.6. The van der Waals surface area contributed by atoms with Crippen LogP contribution in [0.15, 0.2) is 72.9 Å². The second-order valence-corrected chi connectivity index (χ2v) is 16.1. The van der Waals surface area contributed by atoms with E-state index >= 15 is 0 Å². The molecule has 0 aromatic heterocycles. The van der Waals surface area contributed by atoms with Crippen LogP contribution >= 0.6 is 7.82 Å². The van der Waals surface area contributed by atoms with Crippen LogP contribution < -0.4 is 5.73 Å². The van der Waals surface area contributed by atoms with E-state index in [0.717, 1.165) is 44.9 Å². The number of carboxylic acid groups (broad SMARTS) is 1. The molecule has 4 atom stereocenters. The van der Waals surface area contributed by atoms with Gasteiger partial charge >= 0.3 is 25.7 Å². The van der Waals surface area contributed by atoms with Crippen LogP contribution in [0.1, 0.15) is 162 Å². The fraction of sp³-hybridized carbons (Fsp3) is 0.674. The van der Waals surface area contributed by atoms with Crippen molar-refractivity contribution >= 4 is 25.7 Å². The Bertz CT molecular complexity index is 1290. The zero-order valence-corrected chi connectivity index (χ0v) is 37.1. The Hall–Kier alpha value is -3.12. The van der Waals surface area contributed by atoms with Gasteiger partial charge in [-0.2, -0.15) is 0 Å². The lowest BCUT2D eigenvalue weighted by molar-refractivity contribution is -0.161. The Morgan fingerprint density at radius 3 is 1.83 bits per heavy atom. The lowest BCUT2D eigenvalue weighted by Gasteiger charge is -2.20. The molecule has 0 aromatic carbocycles. The first-order valence-electron chi connectivity index (χ1n) is 22.1. The third kappa shape index (κ3) is 40.1. The normalized spacial score (nSPS) is 14.9. The van der Waals surface area contributed by atoms with Crippen LogP contribution in [0.5, 0.6) is 0 Å². The first-order chi connectivity index (χ1) is 28.5. The number of rotatable bonds is 40. The van der Waals surface area contributed by atoms with Crippen molar-refractivity contribution in [2.24, 2.45) is 5.73 Å². The van der Waals surface area contributed by atoms with Crippen molar-refractivity contribution in [2.75, 3.05) is 19.8 Å². The van der Waals surface area contributed by atoms with Gasteiger partial charge in [0.05, 0.1) is 19.3 Å². The van der Waals surface area contributed by atoms with E-state index in [2.05, 4.69) is 42.7 Å². The van der Waals surface area contributed by atoms with Gasteiger partial charge in [0.2, 0.25) is 0 Å². The Morgan fingerprint density at radius 1 is 0.627 bits per heavy atom. The second-order valence-electron chi connectivity index (χ2n) is 14.6. The molecule has 0 fully saturated rings.